The molecule has 224 valence electrons. The van der Waals surface area contributed by atoms with Gasteiger partial charge in [-0.05, 0) is 67.8 Å². The fourth-order valence-corrected chi connectivity index (χ4v) is 6.41. The molecule has 12 heteroatoms. The Morgan fingerprint density at radius 2 is 1.52 bits per heavy atom. The Labute approximate surface area is 277 Å². The van der Waals surface area contributed by atoms with Crippen LogP contribution in [0.15, 0.2) is 91.3 Å². The summed E-state index contributed by atoms with van der Waals surface area (Å²) in [4.78, 5) is 30.0. The number of hydrogen-bond acceptors (Lipinski definition) is 7. The molecule has 5 rings (SSSR count). The number of benzene rings is 4. The monoisotopic (exact) mass is 783 g/mol. The lowest BCUT2D eigenvalue weighted by molar-refractivity contribution is 0.0732. The Hall–Kier alpha value is -4.13. The van der Waals surface area contributed by atoms with Gasteiger partial charge < -0.3 is 23.9 Å². The molecule has 0 bridgehead atoms. The van der Waals surface area contributed by atoms with Crippen molar-refractivity contribution in [3.63, 3.8) is 0 Å². The van der Waals surface area contributed by atoms with Crippen LogP contribution in [0.2, 0.25) is 0 Å². The minimum atomic E-state index is -0.679. The van der Waals surface area contributed by atoms with E-state index in [1.807, 2.05) is 48.5 Å². The topological polar surface area (TPSA) is 111 Å². The molecule has 0 aliphatic heterocycles. The molecule has 0 radical (unpaired) electrons. The molecule has 4 aromatic carbocycles. The number of esters is 1. The van der Waals surface area contributed by atoms with Crippen LogP contribution in [-0.4, -0.2) is 44.4 Å². The Bertz CT molecular complexity index is 1880. The summed E-state index contributed by atoms with van der Waals surface area (Å²) in [5.74, 6) is 0.00611. The molecule has 2 N–H and O–H groups in total. The largest absolute Gasteiger partial charge is 0.493 e. The number of H-pyrrole nitrogens is 1. The van der Waals surface area contributed by atoms with Crippen LogP contribution in [0.1, 0.15) is 26.4 Å². The zero-order valence-electron chi connectivity index (χ0n) is 23.5. The van der Waals surface area contributed by atoms with E-state index in [9.17, 15) is 9.59 Å². The number of ether oxygens (including phenoxy) is 4. The van der Waals surface area contributed by atoms with Crippen molar-refractivity contribution in [2.75, 3.05) is 21.3 Å². The smallest absolute Gasteiger partial charge is 0.343 e. The third-order valence-corrected chi connectivity index (χ3v) is 8.28. The van der Waals surface area contributed by atoms with E-state index < -0.39 is 11.9 Å². The highest BCUT2D eigenvalue weighted by molar-refractivity contribution is 9.11. The molecule has 0 saturated carbocycles. The number of aromatic nitrogens is 1. The van der Waals surface area contributed by atoms with Crippen LogP contribution in [0.4, 0.5) is 0 Å². The van der Waals surface area contributed by atoms with E-state index in [1.54, 1.807) is 12.1 Å². The van der Waals surface area contributed by atoms with Gasteiger partial charge in [0.05, 0.1) is 43.1 Å². The van der Waals surface area contributed by atoms with E-state index in [0.29, 0.717) is 37.5 Å². The number of hydrogen-bond donors (Lipinski definition) is 2. The molecule has 0 saturated heterocycles. The highest BCUT2D eigenvalue weighted by atomic mass is 79.9. The first-order chi connectivity index (χ1) is 21.2. The second kappa shape index (κ2) is 13.7. The number of nitrogens with zero attached hydrogens (tertiary/aromatic N) is 1. The minimum absolute atomic E-state index is 0.170. The Kier molecular flexibility index (Phi) is 9.72. The third kappa shape index (κ3) is 6.37. The van der Waals surface area contributed by atoms with Crippen molar-refractivity contribution in [2.24, 2.45) is 5.10 Å². The normalized spacial score (nSPS) is 11.0. The molecule has 44 heavy (non-hydrogen) atoms. The number of fused-ring (bicyclic) bond motifs is 1. The van der Waals surface area contributed by atoms with Gasteiger partial charge in [-0.1, -0.05) is 58.4 Å². The molecule has 5 aromatic rings. The lowest BCUT2D eigenvalue weighted by Gasteiger charge is -2.15. The number of rotatable bonds is 9. The quantitative estimate of drug-likeness (QED) is 0.0676. The van der Waals surface area contributed by atoms with E-state index in [0.717, 1.165) is 26.5 Å². The Balaban J connectivity index is 1.44. The summed E-state index contributed by atoms with van der Waals surface area (Å²) in [6.45, 7) is 0. The fraction of sp³-hybridized carbons (Fsp3) is 0.0938. The maximum absolute atomic E-state index is 13.5. The first-order valence-electron chi connectivity index (χ1n) is 13.0. The van der Waals surface area contributed by atoms with Crippen molar-refractivity contribution in [2.45, 2.75) is 0 Å². The maximum Gasteiger partial charge on any atom is 0.343 e. The summed E-state index contributed by atoms with van der Waals surface area (Å²) in [7, 11) is 4.39. The number of nitrogens with one attached hydrogen (secondary N) is 2. The van der Waals surface area contributed by atoms with E-state index in [2.05, 4.69) is 63.3 Å². The van der Waals surface area contributed by atoms with Gasteiger partial charge in [-0.2, -0.15) is 5.10 Å². The van der Waals surface area contributed by atoms with E-state index >= 15 is 0 Å². The summed E-state index contributed by atoms with van der Waals surface area (Å²) in [6, 6.07) is 21.8. The number of methoxy groups -OCH3 is 3. The number of halogens is 3. The summed E-state index contributed by atoms with van der Waals surface area (Å²) < 4.78 is 23.9. The van der Waals surface area contributed by atoms with Crippen LogP contribution >= 0.6 is 47.8 Å². The molecule has 1 heterocycles. The average molecular weight is 786 g/mol. The zero-order valence-corrected chi connectivity index (χ0v) is 28.3. The van der Waals surface area contributed by atoms with Crippen molar-refractivity contribution >= 4 is 76.8 Å². The molecular weight excluding hydrogens is 762 g/mol. The standard InChI is InChI=1S/C32H24Br3N3O6/c1-41-24-13-18(14-25(42-2)30(24)43-3)32(40)44-29-19(12-20(33)15-23(29)35)16-36-38-31(39)28-26(17-8-5-4-6-9-17)21-10-7-11-22(34)27(21)37-28/h4-16,37H,1-3H3,(H,38,39). The predicted octanol–water partition coefficient (Wildman–Crippen LogP) is 8.13. The second-order valence-electron chi connectivity index (χ2n) is 9.21. The molecule has 0 spiro atoms. The summed E-state index contributed by atoms with van der Waals surface area (Å²) in [6.07, 6.45) is 1.39. The van der Waals surface area contributed by atoms with E-state index in [1.165, 1.54) is 39.7 Å². The van der Waals surface area contributed by atoms with Crippen molar-refractivity contribution in [1.29, 1.82) is 0 Å². The number of aromatic amines is 1. The van der Waals surface area contributed by atoms with Crippen LogP contribution in [0.25, 0.3) is 22.0 Å². The Morgan fingerprint density at radius 3 is 2.18 bits per heavy atom. The van der Waals surface area contributed by atoms with Crippen LogP contribution in [0.5, 0.6) is 23.0 Å². The number of carbonyl (C=O) groups excluding carboxylic acids is 2. The van der Waals surface area contributed by atoms with E-state index in [-0.39, 0.29) is 11.3 Å². The average Bonchev–Trinajstić information content (AvgIpc) is 3.43. The van der Waals surface area contributed by atoms with Crippen molar-refractivity contribution in [1.82, 2.24) is 10.4 Å². The van der Waals surface area contributed by atoms with Crippen LogP contribution in [-0.2, 0) is 0 Å². The third-order valence-electron chi connectivity index (χ3n) is 6.57. The lowest BCUT2D eigenvalue weighted by Crippen LogP contribution is -2.19. The summed E-state index contributed by atoms with van der Waals surface area (Å²) >= 11 is 10.5. The van der Waals surface area contributed by atoms with Gasteiger partial charge in [0.2, 0.25) is 5.75 Å². The van der Waals surface area contributed by atoms with Crippen molar-refractivity contribution < 1.29 is 28.5 Å². The molecule has 0 aliphatic rings. The fourth-order valence-electron chi connectivity index (χ4n) is 4.61. The molecule has 0 unspecified atom stereocenters. The Morgan fingerprint density at radius 1 is 0.818 bits per heavy atom. The van der Waals surface area contributed by atoms with Gasteiger partial charge in [0.25, 0.3) is 5.91 Å². The summed E-state index contributed by atoms with van der Waals surface area (Å²) in [5.41, 5.74) is 5.94. The summed E-state index contributed by atoms with van der Waals surface area (Å²) in [5, 5.41) is 5.09. The van der Waals surface area contributed by atoms with Gasteiger partial charge in [-0.15, -0.1) is 0 Å². The molecule has 0 aliphatic carbocycles. The van der Waals surface area contributed by atoms with Gasteiger partial charge in [-0.3, -0.25) is 4.79 Å². The van der Waals surface area contributed by atoms with Gasteiger partial charge in [0.1, 0.15) is 5.69 Å². The second-order valence-corrected chi connectivity index (χ2v) is 11.8. The van der Waals surface area contributed by atoms with Gasteiger partial charge in [0.15, 0.2) is 17.2 Å². The maximum atomic E-state index is 13.5. The molecule has 1 amide bonds. The lowest BCUT2D eigenvalue weighted by atomic mass is 10.0. The predicted molar refractivity (Wildman–Crippen MR) is 179 cm³/mol. The number of amides is 1. The first kappa shape index (κ1) is 31.3. The number of hydrazone groups is 1. The number of carbonyl (C=O) groups is 2. The molecule has 0 atom stereocenters. The minimum Gasteiger partial charge on any atom is -0.493 e. The highest BCUT2D eigenvalue weighted by Gasteiger charge is 2.22. The SMILES string of the molecule is COc1cc(C(=O)Oc2c(Br)cc(Br)cc2C=NNC(=O)c2[nH]c3c(Br)cccc3c2-c2ccccc2)cc(OC)c1OC. The van der Waals surface area contributed by atoms with Crippen LogP contribution in [0, 0.1) is 0 Å². The van der Waals surface area contributed by atoms with Gasteiger partial charge in [0, 0.05) is 25.5 Å². The van der Waals surface area contributed by atoms with Gasteiger partial charge in [-0.25, -0.2) is 10.2 Å². The molecule has 0 fully saturated rings. The molecule has 1 aromatic heterocycles. The van der Waals surface area contributed by atoms with Crippen LogP contribution in [0.3, 0.4) is 0 Å². The molecular formula is C32H24Br3N3O6. The molecule has 9 nitrogen and oxygen atoms in total. The first-order valence-corrected chi connectivity index (χ1v) is 15.3. The number of para-hydroxylation sites is 1. The van der Waals surface area contributed by atoms with Gasteiger partial charge >= 0.3 is 5.97 Å². The van der Waals surface area contributed by atoms with Crippen molar-refractivity contribution in [3.8, 4) is 34.1 Å². The van der Waals surface area contributed by atoms with Crippen LogP contribution < -0.4 is 24.4 Å². The van der Waals surface area contributed by atoms with E-state index in [4.69, 9.17) is 18.9 Å². The van der Waals surface area contributed by atoms with Crippen molar-refractivity contribution in [3.05, 3.63) is 103 Å². The zero-order chi connectivity index (χ0) is 31.4. The highest BCUT2D eigenvalue weighted by Crippen LogP contribution is 2.39.